The molecule has 6 nitrogen and oxygen atoms in total. The van der Waals surface area contributed by atoms with Gasteiger partial charge in [0.1, 0.15) is 0 Å². The van der Waals surface area contributed by atoms with Crippen LogP contribution in [0.4, 0.5) is 0 Å². The highest BCUT2D eigenvalue weighted by atomic mass is 127. The Morgan fingerprint density at radius 3 is 2.73 bits per heavy atom. The maximum absolute atomic E-state index is 10.1. The molecule has 1 fully saturated rings. The van der Waals surface area contributed by atoms with Gasteiger partial charge in [-0.15, -0.1) is 24.0 Å². The fraction of sp³-hybridized carbons (Fsp3) is 0.533. The monoisotopic (exact) mass is 419 g/mol. The van der Waals surface area contributed by atoms with Gasteiger partial charge in [0.15, 0.2) is 17.5 Å². The predicted molar refractivity (Wildman–Crippen MR) is 95.0 cm³/mol. The van der Waals surface area contributed by atoms with Gasteiger partial charge in [-0.3, -0.25) is 4.99 Å². The maximum atomic E-state index is 10.1. The van der Waals surface area contributed by atoms with E-state index in [-0.39, 0.29) is 30.8 Å². The minimum Gasteiger partial charge on any atom is -0.454 e. The number of fused-ring (bicyclic) bond motifs is 1. The Balaban J connectivity index is 0.00000176. The molecule has 1 aromatic carbocycles. The molecule has 1 aromatic rings. The first-order chi connectivity index (χ1) is 10.2. The van der Waals surface area contributed by atoms with E-state index in [4.69, 9.17) is 9.47 Å². The van der Waals surface area contributed by atoms with E-state index < -0.39 is 5.60 Å². The summed E-state index contributed by atoms with van der Waals surface area (Å²) >= 11 is 0. The molecule has 1 heterocycles. The maximum Gasteiger partial charge on any atom is 0.231 e. The van der Waals surface area contributed by atoms with Crippen molar-refractivity contribution in [3.63, 3.8) is 0 Å². The van der Waals surface area contributed by atoms with Gasteiger partial charge in [-0.05, 0) is 37.0 Å². The molecular weight excluding hydrogens is 397 g/mol. The molecule has 0 aromatic heterocycles. The molecule has 2 aliphatic rings. The second-order valence-electron chi connectivity index (χ2n) is 5.54. The zero-order valence-electron chi connectivity index (χ0n) is 12.6. The van der Waals surface area contributed by atoms with Crippen molar-refractivity contribution in [2.24, 2.45) is 4.99 Å². The summed E-state index contributed by atoms with van der Waals surface area (Å²) in [5, 5.41) is 16.5. The number of nitrogens with one attached hydrogen (secondary N) is 2. The summed E-state index contributed by atoms with van der Waals surface area (Å²) in [5.74, 6) is 2.25. The van der Waals surface area contributed by atoms with Crippen molar-refractivity contribution in [1.29, 1.82) is 0 Å². The van der Waals surface area contributed by atoms with Crippen LogP contribution in [0.2, 0.25) is 0 Å². The molecule has 1 aliphatic heterocycles. The largest absolute Gasteiger partial charge is 0.454 e. The molecule has 122 valence electrons. The van der Waals surface area contributed by atoms with Crippen molar-refractivity contribution in [3.8, 4) is 11.5 Å². The summed E-state index contributed by atoms with van der Waals surface area (Å²) in [5.41, 5.74) is 0.528. The van der Waals surface area contributed by atoms with Crippen LogP contribution >= 0.6 is 24.0 Å². The molecule has 7 heteroatoms. The second kappa shape index (κ2) is 7.36. The Labute approximate surface area is 147 Å². The Morgan fingerprint density at radius 2 is 2.05 bits per heavy atom. The lowest BCUT2D eigenvalue weighted by molar-refractivity contribution is -0.0279. The Kier molecular flexibility index (Phi) is 5.74. The highest BCUT2D eigenvalue weighted by Crippen LogP contribution is 2.32. The van der Waals surface area contributed by atoms with Crippen molar-refractivity contribution >= 4 is 29.9 Å². The van der Waals surface area contributed by atoms with Crippen LogP contribution in [0.3, 0.4) is 0 Å². The molecule has 0 bridgehead atoms. The summed E-state index contributed by atoms with van der Waals surface area (Å²) in [6.45, 7) is 1.45. The molecule has 3 N–H and O–H groups in total. The average Bonchev–Trinajstić information content (AvgIpc) is 2.93. The molecule has 0 radical (unpaired) electrons. The van der Waals surface area contributed by atoms with Crippen LogP contribution in [0.25, 0.3) is 0 Å². The number of aliphatic imine (C=N–C) groups is 1. The van der Waals surface area contributed by atoms with Gasteiger partial charge in [0.05, 0.1) is 5.60 Å². The van der Waals surface area contributed by atoms with Gasteiger partial charge in [0.25, 0.3) is 0 Å². The lowest BCUT2D eigenvalue weighted by atomic mass is 9.80. The van der Waals surface area contributed by atoms with Gasteiger partial charge < -0.3 is 25.2 Å². The van der Waals surface area contributed by atoms with Gasteiger partial charge in [-0.2, -0.15) is 0 Å². The molecule has 0 spiro atoms. The molecule has 0 saturated heterocycles. The van der Waals surface area contributed by atoms with Crippen molar-refractivity contribution in [1.82, 2.24) is 10.6 Å². The molecule has 0 atom stereocenters. The first kappa shape index (κ1) is 17.1. The van der Waals surface area contributed by atoms with Gasteiger partial charge in [-0.1, -0.05) is 6.07 Å². The molecule has 3 rings (SSSR count). The van der Waals surface area contributed by atoms with Gasteiger partial charge in [0, 0.05) is 20.1 Å². The Hall–Kier alpha value is -1.22. The normalized spacial score (nSPS) is 18.2. The fourth-order valence-electron chi connectivity index (χ4n) is 2.47. The number of benzene rings is 1. The number of hydrogen-bond donors (Lipinski definition) is 3. The van der Waals surface area contributed by atoms with Crippen LogP contribution in [0.15, 0.2) is 23.2 Å². The standard InChI is InChI=1S/C15H21N3O3.HI/c1-16-14(18-9-15(19)5-2-6-15)17-8-11-3-4-12-13(7-11)21-10-20-12;/h3-4,7,19H,2,5-6,8-10H2,1H3,(H2,16,17,18);1H. The van der Waals surface area contributed by atoms with Gasteiger partial charge in [0.2, 0.25) is 6.79 Å². The van der Waals surface area contributed by atoms with E-state index in [0.717, 1.165) is 36.3 Å². The second-order valence-corrected chi connectivity index (χ2v) is 5.54. The van der Waals surface area contributed by atoms with Crippen LogP contribution in [-0.4, -0.2) is 37.1 Å². The number of guanidine groups is 1. The van der Waals surface area contributed by atoms with Crippen molar-refractivity contribution in [2.75, 3.05) is 20.4 Å². The van der Waals surface area contributed by atoms with Crippen LogP contribution in [-0.2, 0) is 6.54 Å². The number of hydrogen-bond acceptors (Lipinski definition) is 4. The summed E-state index contributed by atoms with van der Waals surface area (Å²) in [4.78, 5) is 4.16. The van der Waals surface area contributed by atoms with E-state index in [1.54, 1.807) is 7.05 Å². The number of rotatable bonds is 4. The van der Waals surface area contributed by atoms with Gasteiger partial charge in [-0.25, -0.2) is 0 Å². The summed E-state index contributed by atoms with van der Waals surface area (Å²) in [6.07, 6.45) is 2.82. The van der Waals surface area contributed by atoms with E-state index >= 15 is 0 Å². The number of aliphatic hydroxyl groups is 1. The van der Waals surface area contributed by atoms with Crippen LogP contribution in [0, 0.1) is 0 Å². The molecule has 0 amide bonds. The predicted octanol–water partition coefficient (Wildman–Crippen LogP) is 1.61. The Bertz CT molecular complexity index is 547. The van der Waals surface area contributed by atoms with Gasteiger partial charge >= 0.3 is 0 Å². The topological polar surface area (TPSA) is 75.1 Å². The fourth-order valence-corrected chi connectivity index (χ4v) is 2.47. The molecular formula is C15H22IN3O3. The lowest BCUT2D eigenvalue weighted by Gasteiger charge is -2.36. The number of halogens is 1. The third-order valence-electron chi connectivity index (χ3n) is 3.99. The minimum atomic E-state index is -0.559. The third-order valence-corrected chi connectivity index (χ3v) is 3.99. The Morgan fingerprint density at radius 1 is 1.27 bits per heavy atom. The first-order valence-electron chi connectivity index (χ1n) is 7.24. The van der Waals surface area contributed by atoms with Crippen LogP contribution in [0.1, 0.15) is 24.8 Å². The first-order valence-corrected chi connectivity index (χ1v) is 7.24. The molecule has 1 saturated carbocycles. The van der Waals surface area contributed by atoms with E-state index in [1.165, 1.54) is 0 Å². The quantitative estimate of drug-likeness (QED) is 0.393. The molecule has 0 unspecified atom stereocenters. The third kappa shape index (κ3) is 3.95. The number of nitrogens with zero attached hydrogens (tertiary/aromatic N) is 1. The molecule has 22 heavy (non-hydrogen) atoms. The van der Waals surface area contributed by atoms with Crippen molar-refractivity contribution in [2.45, 2.75) is 31.4 Å². The smallest absolute Gasteiger partial charge is 0.231 e. The van der Waals surface area contributed by atoms with Crippen LogP contribution < -0.4 is 20.1 Å². The lowest BCUT2D eigenvalue weighted by Crippen LogP contribution is -2.50. The summed E-state index contributed by atoms with van der Waals surface area (Å²) in [6, 6.07) is 5.86. The van der Waals surface area contributed by atoms with E-state index in [1.807, 2.05) is 18.2 Å². The average molecular weight is 419 g/mol. The SMILES string of the molecule is CN=C(NCc1ccc2c(c1)OCO2)NCC1(O)CCC1.I. The summed E-state index contributed by atoms with van der Waals surface area (Å²) in [7, 11) is 1.72. The zero-order chi connectivity index (χ0) is 14.7. The van der Waals surface area contributed by atoms with E-state index in [9.17, 15) is 5.11 Å². The highest BCUT2D eigenvalue weighted by molar-refractivity contribution is 14.0. The van der Waals surface area contributed by atoms with E-state index in [2.05, 4.69) is 15.6 Å². The molecule has 1 aliphatic carbocycles. The van der Waals surface area contributed by atoms with Crippen LogP contribution in [0.5, 0.6) is 11.5 Å². The number of ether oxygens (including phenoxy) is 2. The van der Waals surface area contributed by atoms with Crippen molar-refractivity contribution in [3.05, 3.63) is 23.8 Å². The minimum absolute atomic E-state index is 0. The summed E-state index contributed by atoms with van der Waals surface area (Å²) < 4.78 is 10.6. The highest BCUT2D eigenvalue weighted by Gasteiger charge is 2.34. The van der Waals surface area contributed by atoms with Crippen molar-refractivity contribution < 1.29 is 14.6 Å². The zero-order valence-corrected chi connectivity index (χ0v) is 14.9. The van der Waals surface area contributed by atoms with E-state index in [0.29, 0.717) is 19.0 Å².